The van der Waals surface area contributed by atoms with Crippen molar-refractivity contribution in [2.24, 2.45) is 0 Å². The van der Waals surface area contributed by atoms with Crippen LogP contribution in [0.5, 0.6) is 0 Å². The zero-order valence-corrected chi connectivity index (χ0v) is 21.0. The maximum absolute atomic E-state index is 5.54. The molecule has 0 saturated carbocycles. The Morgan fingerprint density at radius 1 is 0.414 bits per heavy atom. The van der Waals surface area contributed by atoms with Crippen LogP contribution in [0, 0.1) is 0 Å². The lowest BCUT2D eigenvalue weighted by molar-refractivity contribution is 0.0518. The highest BCUT2D eigenvalue weighted by Gasteiger charge is 1.96. The molecular formula is C26H54O2S. The molecule has 0 bridgehead atoms. The van der Waals surface area contributed by atoms with Gasteiger partial charge in [-0.15, -0.1) is 0 Å². The van der Waals surface area contributed by atoms with Crippen molar-refractivity contribution >= 4 is 11.8 Å². The lowest BCUT2D eigenvalue weighted by Crippen LogP contribution is -2.05. The van der Waals surface area contributed by atoms with Crippen LogP contribution in [-0.2, 0) is 9.47 Å². The van der Waals surface area contributed by atoms with E-state index in [0.717, 1.165) is 26.4 Å². The van der Waals surface area contributed by atoms with Crippen LogP contribution in [-0.4, -0.2) is 37.9 Å². The third-order valence-corrected chi connectivity index (χ3v) is 6.70. The monoisotopic (exact) mass is 430 g/mol. The van der Waals surface area contributed by atoms with Gasteiger partial charge in [-0.3, -0.25) is 0 Å². The van der Waals surface area contributed by atoms with E-state index < -0.39 is 0 Å². The van der Waals surface area contributed by atoms with Crippen molar-refractivity contribution in [2.45, 2.75) is 129 Å². The van der Waals surface area contributed by atoms with E-state index in [1.807, 2.05) is 6.92 Å². The molecule has 0 saturated heterocycles. The summed E-state index contributed by atoms with van der Waals surface area (Å²) in [5, 5.41) is 0. The summed E-state index contributed by atoms with van der Waals surface area (Å²) in [7, 11) is 0. The Morgan fingerprint density at radius 3 is 1.31 bits per heavy atom. The summed E-state index contributed by atoms with van der Waals surface area (Å²) in [6.45, 7) is 7.50. The van der Waals surface area contributed by atoms with E-state index in [4.69, 9.17) is 9.47 Å². The van der Waals surface area contributed by atoms with E-state index in [2.05, 4.69) is 18.7 Å². The van der Waals surface area contributed by atoms with Gasteiger partial charge in [-0.25, -0.2) is 0 Å². The van der Waals surface area contributed by atoms with Crippen LogP contribution in [0.25, 0.3) is 0 Å². The van der Waals surface area contributed by atoms with Crippen molar-refractivity contribution in [1.29, 1.82) is 0 Å². The number of ether oxygens (including phenoxy) is 2. The molecule has 3 heteroatoms. The summed E-state index contributed by atoms with van der Waals surface area (Å²) in [6.07, 6.45) is 25.8. The number of hydrogen-bond donors (Lipinski definition) is 0. The van der Waals surface area contributed by atoms with Crippen molar-refractivity contribution in [3.8, 4) is 0 Å². The lowest BCUT2D eigenvalue weighted by atomic mass is 10.0. The Morgan fingerprint density at radius 2 is 0.828 bits per heavy atom. The number of rotatable bonds is 26. The third kappa shape index (κ3) is 28.3. The second-order valence-corrected chi connectivity index (χ2v) is 9.66. The van der Waals surface area contributed by atoms with E-state index in [1.165, 1.54) is 127 Å². The van der Waals surface area contributed by atoms with Gasteiger partial charge in [-0.05, 0) is 37.7 Å². The Bertz CT molecular complexity index is 247. The van der Waals surface area contributed by atoms with Gasteiger partial charge in [0.2, 0.25) is 0 Å². The van der Waals surface area contributed by atoms with E-state index in [-0.39, 0.29) is 0 Å². The predicted octanol–water partition coefficient (Wildman–Crippen LogP) is 8.81. The van der Waals surface area contributed by atoms with Crippen molar-refractivity contribution < 1.29 is 9.47 Å². The second-order valence-electron chi connectivity index (χ2n) is 8.43. The minimum Gasteiger partial charge on any atom is -0.379 e. The summed E-state index contributed by atoms with van der Waals surface area (Å²) < 4.78 is 10.8. The maximum Gasteiger partial charge on any atom is 0.0700 e. The van der Waals surface area contributed by atoms with Crippen LogP contribution >= 0.6 is 11.8 Å². The summed E-state index contributed by atoms with van der Waals surface area (Å²) in [6, 6.07) is 0. The molecule has 0 rings (SSSR count). The van der Waals surface area contributed by atoms with Crippen LogP contribution in [0.1, 0.15) is 129 Å². The maximum atomic E-state index is 5.54. The summed E-state index contributed by atoms with van der Waals surface area (Å²) in [5.41, 5.74) is 0. The smallest absolute Gasteiger partial charge is 0.0700 e. The molecule has 0 fully saturated rings. The quantitative estimate of drug-likeness (QED) is 0.128. The Hall–Kier alpha value is 0.270. The molecule has 0 aliphatic heterocycles. The highest BCUT2D eigenvalue weighted by Crippen LogP contribution is 2.14. The highest BCUT2D eigenvalue weighted by atomic mass is 32.2. The standard InChI is InChI=1S/C26H54O2S/c1-3-5-6-7-8-9-10-11-12-13-14-15-16-17-18-20-25-29-26-21-19-22-28-24-23-27-4-2/h3-26H2,1-2H3. The first-order valence-electron chi connectivity index (χ1n) is 13.1. The minimum absolute atomic E-state index is 0.741. The van der Waals surface area contributed by atoms with Crippen LogP contribution in [0.2, 0.25) is 0 Å². The van der Waals surface area contributed by atoms with Gasteiger partial charge in [0.05, 0.1) is 13.2 Å². The van der Waals surface area contributed by atoms with Crippen LogP contribution < -0.4 is 0 Å². The fourth-order valence-electron chi connectivity index (χ4n) is 3.63. The Balaban J connectivity index is 2.97. The zero-order chi connectivity index (χ0) is 21.1. The van der Waals surface area contributed by atoms with Crippen LogP contribution in [0.4, 0.5) is 0 Å². The molecule has 0 aromatic heterocycles. The first-order valence-corrected chi connectivity index (χ1v) is 14.3. The van der Waals surface area contributed by atoms with Crippen molar-refractivity contribution in [2.75, 3.05) is 37.9 Å². The zero-order valence-electron chi connectivity index (χ0n) is 20.2. The highest BCUT2D eigenvalue weighted by molar-refractivity contribution is 7.99. The number of thioether (sulfide) groups is 1. The molecule has 0 unspecified atom stereocenters. The predicted molar refractivity (Wildman–Crippen MR) is 133 cm³/mol. The molecular weight excluding hydrogens is 376 g/mol. The van der Waals surface area contributed by atoms with Gasteiger partial charge in [-0.1, -0.05) is 103 Å². The molecule has 0 atom stereocenters. The van der Waals surface area contributed by atoms with E-state index in [0.29, 0.717) is 0 Å². The first kappa shape index (κ1) is 29.3. The van der Waals surface area contributed by atoms with Gasteiger partial charge < -0.3 is 9.47 Å². The van der Waals surface area contributed by atoms with E-state index >= 15 is 0 Å². The topological polar surface area (TPSA) is 18.5 Å². The molecule has 0 amide bonds. The largest absolute Gasteiger partial charge is 0.379 e. The van der Waals surface area contributed by atoms with Crippen LogP contribution in [0.3, 0.4) is 0 Å². The van der Waals surface area contributed by atoms with Crippen molar-refractivity contribution in [3.63, 3.8) is 0 Å². The molecule has 29 heavy (non-hydrogen) atoms. The molecule has 176 valence electrons. The van der Waals surface area contributed by atoms with E-state index in [1.54, 1.807) is 0 Å². The molecule has 0 aromatic carbocycles. The van der Waals surface area contributed by atoms with Crippen LogP contribution in [0.15, 0.2) is 0 Å². The molecule has 0 aliphatic rings. The average Bonchev–Trinajstić information content (AvgIpc) is 2.74. The van der Waals surface area contributed by atoms with Crippen molar-refractivity contribution in [3.05, 3.63) is 0 Å². The molecule has 0 aromatic rings. The fourth-order valence-corrected chi connectivity index (χ4v) is 4.65. The first-order chi connectivity index (χ1) is 14.4. The van der Waals surface area contributed by atoms with Gasteiger partial charge >= 0.3 is 0 Å². The molecule has 0 aliphatic carbocycles. The third-order valence-electron chi connectivity index (χ3n) is 5.55. The van der Waals surface area contributed by atoms with Gasteiger partial charge in [0.15, 0.2) is 0 Å². The van der Waals surface area contributed by atoms with Gasteiger partial charge in [0, 0.05) is 13.2 Å². The summed E-state index contributed by atoms with van der Waals surface area (Å²) >= 11 is 2.13. The molecule has 2 nitrogen and oxygen atoms in total. The minimum atomic E-state index is 0.741. The molecule has 0 heterocycles. The molecule has 0 radical (unpaired) electrons. The Kier molecular flexibility index (Phi) is 28.5. The van der Waals surface area contributed by atoms with Gasteiger partial charge in [0.1, 0.15) is 0 Å². The SMILES string of the molecule is CCCCCCCCCCCCCCCCCCSCCCCOCCOCC. The number of unbranched alkanes of at least 4 members (excludes halogenated alkanes) is 16. The Labute approximate surface area is 188 Å². The molecule has 0 N–H and O–H groups in total. The number of hydrogen-bond acceptors (Lipinski definition) is 3. The second kappa shape index (κ2) is 28.3. The van der Waals surface area contributed by atoms with Gasteiger partial charge in [0.25, 0.3) is 0 Å². The fraction of sp³-hybridized carbons (Fsp3) is 1.00. The summed E-state index contributed by atoms with van der Waals surface area (Å²) in [5.74, 6) is 2.65. The summed E-state index contributed by atoms with van der Waals surface area (Å²) in [4.78, 5) is 0. The lowest BCUT2D eigenvalue weighted by Gasteiger charge is -2.05. The molecule has 0 spiro atoms. The van der Waals surface area contributed by atoms with Crippen molar-refractivity contribution in [1.82, 2.24) is 0 Å². The van der Waals surface area contributed by atoms with E-state index in [9.17, 15) is 0 Å². The normalized spacial score (nSPS) is 11.4. The average molecular weight is 431 g/mol. The van der Waals surface area contributed by atoms with Gasteiger partial charge in [-0.2, -0.15) is 11.8 Å².